The van der Waals surface area contributed by atoms with E-state index in [1.807, 2.05) is 0 Å². The van der Waals surface area contributed by atoms with Crippen LogP contribution in [0.5, 0.6) is 0 Å². The van der Waals surface area contributed by atoms with Crippen LogP contribution in [0.15, 0.2) is 29.2 Å². The van der Waals surface area contributed by atoms with E-state index in [1.165, 1.54) is 12.1 Å². The van der Waals surface area contributed by atoms with Gasteiger partial charge in [-0.25, -0.2) is 13.1 Å². The zero-order valence-electron chi connectivity index (χ0n) is 16.4. The maximum Gasteiger partial charge on any atom is 0.241 e. The van der Waals surface area contributed by atoms with E-state index in [2.05, 4.69) is 17.0 Å². The first kappa shape index (κ1) is 21.4. The van der Waals surface area contributed by atoms with E-state index in [9.17, 15) is 18.0 Å². The Morgan fingerprint density at radius 2 is 1.85 bits per heavy atom. The fourth-order valence-electron chi connectivity index (χ4n) is 2.94. The van der Waals surface area contributed by atoms with Gasteiger partial charge < -0.3 is 10.2 Å². The SMILES string of the molecule is CCCCN1CC(C(=O)Nc2ccc(S(=O)(=O)NC(C)(C)C)cc2)CC1=O. The van der Waals surface area contributed by atoms with Crippen LogP contribution in [0.1, 0.15) is 47.0 Å². The number of likely N-dealkylation sites (tertiary alicyclic amines) is 1. The van der Waals surface area contributed by atoms with E-state index >= 15 is 0 Å². The highest BCUT2D eigenvalue weighted by atomic mass is 32.2. The first-order valence-corrected chi connectivity index (χ1v) is 10.7. The standard InChI is InChI=1S/C19H29N3O4S/c1-5-6-11-22-13-14(12-17(22)23)18(24)20-15-7-9-16(10-8-15)27(25,26)21-19(2,3)4/h7-10,14,21H,5-6,11-13H2,1-4H3,(H,20,24). The minimum Gasteiger partial charge on any atom is -0.342 e. The molecular weight excluding hydrogens is 366 g/mol. The fraction of sp³-hybridized carbons (Fsp3) is 0.579. The summed E-state index contributed by atoms with van der Waals surface area (Å²) >= 11 is 0. The monoisotopic (exact) mass is 395 g/mol. The van der Waals surface area contributed by atoms with Crippen molar-refractivity contribution in [2.75, 3.05) is 18.4 Å². The largest absolute Gasteiger partial charge is 0.342 e. The van der Waals surface area contributed by atoms with Crippen LogP contribution < -0.4 is 10.0 Å². The van der Waals surface area contributed by atoms with Crippen molar-refractivity contribution in [1.29, 1.82) is 0 Å². The summed E-state index contributed by atoms with van der Waals surface area (Å²) in [5.74, 6) is -0.579. The van der Waals surface area contributed by atoms with Gasteiger partial charge in [0.25, 0.3) is 0 Å². The Balaban J connectivity index is 1.98. The zero-order valence-corrected chi connectivity index (χ0v) is 17.2. The van der Waals surface area contributed by atoms with Crippen LogP contribution in [-0.4, -0.2) is 43.8 Å². The van der Waals surface area contributed by atoms with Gasteiger partial charge in [-0.3, -0.25) is 9.59 Å². The fourth-order valence-corrected chi connectivity index (χ4v) is 4.36. The number of benzene rings is 1. The number of carbonyl (C=O) groups is 2. The van der Waals surface area contributed by atoms with E-state index in [0.717, 1.165) is 12.8 Å². The van der Waals surface area contributed by atoms with Gasteiger partial charge >= 0.3 is 0 Å². The van der Waals surface area contributed by atoms with E-state index in [-0.39, 0.29) is 29.0 Å². The summed E-state index contributed by atoms with van der Waals surface area (Å²) in [6.45, 7) is 8.49. The molecule has 2 rings (SSSR count). The highest BCUT2D eigenvalue weighted by Gasteiger charge is 2.33. The molecule has 27 heavy (non-hydrogen) atoms. The third kappa shape index (κ3) is 6.04. The Labute approximate surface area is 161 Å². The molecule has 1 heterocycles. The maximum atomic E-state index is 12.4. The van der Waals surface area contributed by atoms with E-state index in [0.29, 0.717) is 18.8 Å². The van der Waals surface area contributed by atoms with Crippen LogP contribution in [0.2, 0.25) is 0 Å². The second kappa shape index (κ2) is 8.39. The summed E-state index contributed by atoms with van der Waals surface area (Å²) < 4.78 is 27.2. The number of nitrogens with zero attached hydrogens (tertiary/aromatic N) is 1. The molecule has 7 nitrogen and oxygen atoms in total. The quantitative estimate of drug-likeness (QED) is 0.741. The van der Waals surface area contributed by atoms with Gasteiger partial charge in [-0.05, 0) is 51.5 Å². The van der Waals surface area contributed by atoms with E-state index in [4.69, 9.17) is 0 Å². The molecule has 1 aliphatic rings. The van der Waals surface area contributed by atoms with E-state index < -0.39 is 15.6 Å². The lowest BCUT2D eigenvalue weighted by Crippen LogP contribution is -2.40. The molecule has 8 heteroatoms. The minimum atomic E-state index is -3.62. The molecule has 1 atom stereocenters. The highest BCUT2D eigenvalue weighted by Crippen LogP contribution is 2.21. The van der Waals surface area contributed by atoms with Gasteiger partial charge in [-0.1, -0.05) is 13.3 Å². The molecule has 0 aromatic heterocycles. The molecule has 2 N–H and O–H groups in total. The Bertz CT molecular complexity index is 782. The molecule has 1 aliphatic heterocycles. The first-order chi connectivity index (χ1) is 12.5. The van der Waals surface area contributed by atoms with Crippen molar-refractivity contribution < 1.29 is 18.0 Å². The van der Waals surface area contributed by atoms with Crippen molar-refractivity contribution in [1.82, 2.24) is 9.62 Å². The molecule has 150 valence electrons. The average molecular weight is 396 g/mol. The van der Waals surface area contributed by atoms with Gasteiger partial charge in [0.2, 0.25) is 21.8 Å². The zero-order chi connectivity index (χ0) is 20.2. The predicted octanol–water partition coefficient (Wildman–Crippen LogP) is 2.35. The number of amides is 2. The summed E-state index contributed by atoms with van der Waals surface area (Å²) in [7, 11) is -3.62. The Morgan fingerprint density at radius 1 is 1.22 bits per heavy atom. The van der Waals surface area contributed by atoms with Crippen molar-refractivity contribution in [3.8, 4) is 0 Å². The van der Waals surface area contributed by atoms with Crippen LogP contribution in [0, 0.1) is 5.92 Å². The van der Waals surface area contributed by atoms with Crippen LogP contribution in [0.3, 0.4) is 0 Å². The average Bonchev–Trinajstić information content (AvgIpc) is 2.92. The second-order valence-corrected chi connectivity index (χ2v) is 9.65. The Hall–Kier alpha value is -1.93. The molecule has 0 aliphatic carbocycles. The molecule has 1 aromatic carbocycles. The summed E-state index contributed by atoms with van der Waals surface area (Å²) in [6.07, 6.45) is 2.15. The third-order valence-electron chi connectivity index (χ3n) is 4.24. The van der Waals surface area contributed by atoms with Gasteiger partial charge in [-0.15, -0.1) is 0 Å². The summed E-state index contributed by atoms with van der Waals surface area (Å²) in [5, 5.41) is 2.77. The number of hydrogen-bond acceptors (Lipinski definition) is 4. The van der Waals surface area contributed by atoms with Crippen LogP contribution in [0.4, 0.5) is 5.69 Å². The van der Waals surface area contributed by atoms with Crippen molar-refractivity contribution in [2.24, 2.45) is 5.92 Å². The Kier molecular flexibility index (Phi) is 6.64. The number of nitrogens with one attached hydrogen (secondary N) is 2. The number of unbranched alkanes of at least 4 members (excludes halogenated alkanes) is 1. The molecule has 0 saturated carbocycles. The lowest BCUT2D eigenvalue weighted by molar-refractivity contribution is -0.128. The minimum absolute atomic E-state index is 0.0123. The third-order valence-corrected chi connectivity index (χ3v) is 6.01. The lowest BCUT2D eigenvalue weighted by Gasteiger charge is -2.20. The smallest absolute Gasteiger partial charge is 0.241 e. The van der Waals surface area contributed by atoms with Gasteiger partial charge in [0.1, 0.15) is 0 Å². The summed E-state index contributed by atoms with van der Waals surface area (Å²) in [5.41, 5.74) is -0.0705. The van der Waals surface area contributed by atoms with Crippen molar-refractivity contribution in [3.05, 3.63) is 24.3 Å². The number of sulfonamides is 1. The number of anilines is 1. The molecule has 2 amide bonds. The second-order valence-electron chi connectivity index (χ2n) is 7.96. The van der Waals surface area contributed by atoms with Gasteiger partial charge in [0, 0.05) is 30.7 Å². The van der Waals surface area contributed by atoms with Crippen LogP contribution in [0.25, 0.3) is 0 Å². The lowest BCUT2D eigenvalue weighted by atomic mass is 10.1. The van der Waals surface area contributed by atoms with Gasteiger partial charge in [0.05, 0.1) is 10.8 Å². The molecule has 0 bridgehead atoms. The molecule has 1 unspecified atom stereocenters. The maximum absolute atomic E-state index is 12.4. The number of hydrogen-bond donors (Lipinski definition) is 2. The molecule has 1 fully saturated rings. The topological polar surface area (TPSA) is 95.6 Å². The molecule has 0 radical (unpaired) electrons. The normalized spacial score (nSPS) is 18.0. The van der Waals surface area contributed by atoms with Crippen LogP contribution in [-0.2, 0) is 19.6 Å². The first-order valence-electron chi connectivity index (χ1n) is 9.24. The van der Waals surface area contributed by atoms with Gasteiger partial charge in [-0.2, -0.15) is 0 Å². The van der Waals surface area contributed by atoms with Crippen molar-refractivity contribution in [3.63, 3.8) is 0 Å². The van der Waals surface area contributed by atoms with E-state index in [1.54, 1.807) is 37.8 Å². The summed E-state index contributed by atoms with van der Waals surface area (Å²) in [6, 6.07) is 6.02. The van der Waals surface area contributed by atoms with Crippen molar-refractivity contribution >= 4 is 27.5 Å². The van der Waals surface area contributed by atoms with Crippen molar-refractivity contribution in [2.45, 2.75) is 57.4 Å². The molecule has 1 saturated heterocycles. The molecule has 1 aromatic rings. The highest BCUT2D eigenvalue weighted by molar-refractivity contribution is 7.89. The molecule has 0 spiro atoms. The van der Waals surface area contributed by atoms with Crippen LogP contribution >= 0.6 is 0 Å². The Morgan fingerprint density at radius 3 is 2.41 bits per heavy atom. The number of rotatable bonds is 7. The molecular formula is C19H29N3O4S. The summed E-state index contributed by atoms with van der Waals surface area (Å²) in [4.78, 5) is 26.3. The van der Waals surface area contributed by atoms with Gasteiger partial charge in [0.15, 0.2) is 0 Å². The predicted molar refractivity (Wildman–Crippen MR) is 105 cm³/mol. The number of carbonyl (C=O) groups excluding carboxylic acids is 2.